The van der Waals surface area contributed by atoms with E-state index in [-0.39, 0.29) is 49.6 Å². The average molecular weight is 697 g/mol. The minimum Gasteiger partial charge on any atom is -0.458 e. The minimum absolute atomic E-state index is 0.0393. The molecular weight excluding hydrogens is 644 g/mol. The molecule has 3 heterocycles. The van der Waals surface area contributed by atoms with Crippen molar-refractivity contribution in [3.05, 3.63) is 11.6 Å². The van der Waals surface area contributed by atoms with E-state index in [0.29, 0.717) is 38.5 Å². The summed E-state index contributed by atoms with van der Waals surface area (Å²) in [6.07, 6.45) is -7.55. The molecule has 0 aromatic rings. The number of aliphatic hydroxyl groups excluding tert-OH is 6. The monoisotopic (exact) mass is 696 g/mol. The molecule has 0 aromatic heterocycles. The molecule has 14 heteroatoms. The molecule has 0 bridgehead atoms. The SMILES string of the molecule is C[C@@H]1O[C@@H](O[C@@H]2CC[C@]3(C=O)[C@@H]4CC[C@]5(C)[C@H](C6=CC(=O)OC6)CC[C@]5(O)[C@H]4CC[C@@]3(O[C@H]3O[C@H](C)[C@@H](O)[C@H](O)[C@@H]3O)C2)[C@H](O)[C@H](O)[C@H]1O. The average Bonchev–Trinajstić information content (AvgIpc) is 3.62. The van der Waals surface area contributed by atoms with Crippen molar-refractivity contribution in [1.29, 1.82) is 0 Å². The van der Waals surface area contributed by atoms with E-state index in [0.717, 1.165) is 11.9 Å². The molecule has 0 amide bonds. The molecule has 4 saturated carbocycles. The lowest BCUT2D eigenvalue weighted by Gasteiger charge is -2.66. The van der Waals surface area contributed by atoms with Crippen molar-refractivity contribution in [3.63, 3.8) is 0 Å². The van der Waals surface area contributed by atoms with Crippen molar-refractivity contribution < 1.29 is 69.0 Å². The summed E-state index contributed by atoms with van der Waals surface area (Å²) in [6.45, 7) is 5.42. The third-order valence-corrected chi connectivity index (χ3v) is 14.1. The first kappa shape index (κ1) is 35.8. The molecule has 7 N–H and O–H groups in total. The van der Waals surface area contributed by atoms with E-state index in [1.54, 1.807) is 19.9 Å². The lowest BCUT2D eigenvalue weighted by Crippen LogP contribution is -2.71. The van der Waals surface area contributed by atoms with Gasteiger partial charge in [0.25, 0.3) is 0 Å². The molecule has 7 aliphatic rings. The van der Waals surface area contributed by atoms with Crippen molar-refractivity contribution in [1.82, 2.24) is 0 Å². The number of cyclic esters (lactones) is 1. The Kier molecular flexibility index (Phi) is 9.17. The number of esters is 1. The van der Waals surface area contributed by atoms with Crippen molar-refractivity contribution >= 4 is 12.3 Å². The first-order valence-corrected chi connectivity index (χ1v) is 17.9. The zero-order valence-corrected chi connectivity index (χ0v) is 28.3. The summed E-state index contributed by atoms with van der Waals surface area (Å²) in [5.41, 5.74) is -3.26. The van der Waals surface area contributed by atoms with Crippen LogP contribution in [0.4, 0.5) is 0 Å². The Morgan fingerprint density at radius 1 is 0.796 bits per heavy atom. The summed E-state index contributed by atoms with van der Waals surface area (Å²) >= 11 is 0. The fourth-order valence-corrected chi connectivity index (χ4v) is 11.3. The van der Waals surface area contributed by atoms with Crippen molar-refractivity contribution in [2.24, 2.45) is 28.6 Å². The molecule has 2 saturated heterocycles. The molecule has 7 rings (SSSR count). The third kappa shape index (κ3) is 5.23. The Balaban J connectivity index is 1.22. The summed E-state index contributed by atoms with van der Waals surface area (Å²) in [4.78, 5) is 25.7. The van der Waals surface area contributed by atoms with Crippen LogP contribution in [0, 0.1) is 28.6 Å². The van der Waals surface area contributed by atoms with Crippen LogP contribution in [0.5, 0.6) is 0 Å². The Hall–Kier alpha value is -1.56. The summed E-state index contributed by atoms with van der Waals surface area (Å²) in [6, 6.07) is 0. The lowest BCUT2D eigenvalue weighted by molar-refractivity contribution is -0.364. The van der Waals surface area contributed by atoms with Crippen LogP contribution in [-0.4, -0.2) is 133 Å². The van der Waals surface area contributed by atoms with Crippen molar-refractivity contribution in [2.45, 2.75) is 157 Å². The molecule has 0 aromatic carbocycles. The van der Waals surface area contributed by atoms with Gasteiger partial charge in [-0.2, -0.15) is 0 Å². The maximum Gasteiger partial charge on any atom is 0.331 e. The van der Waals surface area contributed by atoms with Crippen molar-refractivity contribution in [2.75, 3.05) is 6.61 Å². The maximum absolute atomic E-state index is 13.8. The van der Waals surface area contributed by atoms with Gasteiger partial charge in [0.05, 0.1) is 34.9 Å². The Labute approximate surface area is 285 Å². The van der Waals surface area contributed by atoms with Gasteiger partial charge >= 0.3 is 5.97 Å². The van der Waals surface area contributed by atoms with Gasteiger partial charge in [-0.25, -0.2) is 4.79 Å². The van der Waals surface area contributed by atoms with Gasteiger partial charge < -0.3 is 64.2 Å². The van der Waals surface area contributed by atoms with Gasteiger partial charge in [0.2, 0.25) is 0 Å². The number of aldehydes is 1. The molecule has 0 radical (unpaired) electrons. The van der Waals surface area contributed by atoms with E-state index in [1.165, 1.54) is 0 Å². The second-order valence-electron chi connectivity index (χ2n) is 16.2. The number of rotatable bonds is 6. The highest BCUT2D eigenvalue weighted by Gasteiger charge is 2.73. The van der Waals surface area contributed by atoms with Gasteiger partial charge in [0, 0.05) is 17.9 Å². The van der Waals surface area contributed by atoms with Gasteiger partial charge in [-0.15, -0.1) is 0 Å². The predicted molar refractivity (Wildman–Crippen MR) is 166 cm³/mol. The topological polar surface area (TPSA) is 222 Å². The third-order valence-electron chi connectivity index (χ3n) is 14.1. The van der Waals surface area contributed by atoms with Crippen LogP contribution in [0.2, 0.25) is 0 Å². The predicted octanol–water partition coefficient (Wildman–Crippen LogP) is -0.398. The number of carbonyl (C=O) groups is 2. The highest BCUT2D eigenvalue weighted by molar-refractivity contribution is 5.85. The van der Waals surface area contributed by atoms with Gasteiger partial charge in [0.1, 0.15) is 49.5 Å². The number of carbonyl (C=O) groups excluding carboxylic acids is 2. The molecule has 276 valence electrons. The molecule has 6 fully saturated rings. The molecule has 4 aliphatic carbocycles. The largest absolute Gasteiger partial charge is 0.458 e. The number of fused-ring (bicyclic) bond motifs is 5. The lowest BCUT2D eigenvalue weighted by atomic mass is 9.41. The van der Waals surface area contributed by atoms with Crippen LogP contribution in [0.1, 0.15) is 78.6 Å². The minimum atomic E-state index is -1.62. The summed E-state index contributed by atoms with van der Waals surface area (Å²) in [7, 11) is 0. The fraction of sp³-hybridized carbons (Fsp3) is 0.886. The smallest absolute Gasteiger partial charge is 0.331 e. The standard InChI is InChI=1S/C35H52O14/c1-16-24(38)26(40)28(42)30(46-16)48-19-4-9-33(15-36)21-5-8-32(3)20(18-12-23(37)45-14-18)7-11-35(32,44)22(21)6-10-34(33,13-19)49-31-29(43)27(41)25(39)17(2)47-31/h12,15-17,19-22,24-31,38-44H,4-11,13-14H2,1-3H3/t16-,17+,19+,20-,21+,22-,24-,25+,26+,27-,28+,29-,30-,31+,32+,33-,34+,35-/m0/s1. The second-order valence-corrected chi connectivity index (χ2v) is 16.2. The molecule has 49 heavy (non-hydrogen) atoms. The van der Waals surface area contributed by atoms with E-state index < -0.39 is 89.5 Å². The first-order valence-electron chi connectivity index (χ1n) is 17.9. The first-order chi connectivity index (χ1) is 23.1. The van der Waals surface area contributed by atoms with Gasteiger partial charge in [-0.05, 0) is 88.5 Å². The Morgan fingerprint density at radius 2 is 1.43 bits per heavy atom. The number of ether oxygens (including phenoxy) is 5. The Bertz CT molecular complexity index is 1330. The second kappa shape index (κ2) is 12.5. The van der Waals surface area contributed by atoms with E-state index in [1.807, 2.05) is 0 Å². The normalized spacial score (nSPS) is 55.9. The van der Waals surface area contributed by atoms with Crippen LogP contribution in [0.15, 0.2) is 11.6 Å². The zero-order valence-electron chi connectivity index (χ0n) is 28.3. The van der Waals surface area contributed by atoms with E-state index >= 15 is 0 Å². The zero-order chi connectivity index (χ0) is 35.3. The van der Waals surface area contributed by atoms with Gasteiger partial charge in [0.15, 0.2) is 12.6 Å². The van der Waals surface area contributed by atoms with E-state index in [2.05, 4.69) is 6.92 Å². The van der Waals surface area contributed by atoms with Crippen LogP contribution < -0.4 is 0 Å². The summed E-state index contributed by atoms with van der Waals surface area (Å²) < 4.78 is 29.9. The molecule has 0 unspecified atom stereocenters. The highest BCUT2D eigenvalue weighted by Crippen LogP contribution is 2.71. The molecular formula is C35H52O14. The summed E-state index contributed by atoms with van der Waals surface area (Å²) in [5.74, 6) is -1.01. The van der Waals surface area contributed by atoms with Crippen molar-refractivity contribution in [3.8, 4) is 0 Å². The molecule has 3 aliphatic heterocycles. The van der Waals surface area contributed by atoms with Crippen LogP contribution in [0.25, 0.3) is 0 Å². The quantitative estimate of drug-likeness (QED) is 0.107. The van der Waals surface area contributed by atoms with E-state index in [4.69, 9.17) is 23.7 Å². The van der Waals surface area contributed by atoms with Gasteiger partial charge in [-0.1, -0.05) is 6.92 Å². The van der Waals surface area contributed by atoms with Crippen LogP contribution in [-0.2, 0) is 33.3 Å². The molecule has 18 atom stereocenters. The number of aliphatic hydroxyl groups is 7. The highest BCUT2D eigenvalue weighted by atomic mass is 16.7. The summed E-state index contributed by atoms with van der Waals surface area (Å²) in [5, 5.41) is 76.2. The van der Waals surface area contributed by atoms with Gasteiger partial charge in [-0.3, -0.25) is 0 Å². The maximum atomic E-state index is 13.8. The number of hydrogen-bond acceptors (Lipinski definition) is 14. The Morgan fingerprint density at radius 3 is 2.06 bits per heavy atom. The number of hydrogen-bond donors (Lipinski definition) is 7. The van der Waals surface area contributed by atoms with Crippen LogP contribution >= 0.6 is 0 Å². The molecule has 0 spiro atoms. The fourth-order valence-electron chi connectivity index (χ4n) is 11.3. The molecule has 14 nitrogen and oxygen atoms in total. The van der Waals surface area contributed by atoms with E-state index in [9.17, 15) is 45.3 Å². The van der Waals surface area contributed by atoms with Crippen LogP contribution in [0.3, 0.4) is 0 Å².